The normalized spacial score (nSPS) is 28.6. The molecule has 0 saturated carbocycles. The summed E-state index contributed by atoms with van der Waals surface area (Å²) in [5.41, 5.74) is 4.74. The van der Waals surface area contributed by atoms with Crippen molar-refractivity contribution in [3.8, 4) is 0 Å². The van der Waals surface area contributed by atoms with Crippen molar-refractivity contribution in [2.24, 2.45) is 11.3 Å². The van der Waals surface area contributed by atoms with Crippen LogP contribution in [0.25, 0.3) is 0 Å². The second-order valence-corrected chi connectivity index (χ2v) is 7.41. The molecule has 1 aliphatic carbocycles. The van der Waals surface area contributed by atoms with Crippen molar-refractivity contribution < 1.29 is 0 Å². The van der Waals surface area contributed by atoms with Gasteiger partial charge in [0.2, 0.25) is 0 Å². The minimum atomic E-state index is 0.399. The number of likely N-dealkylation sites (tertiary alicyclic amines) is 1. The first kappa shape index (κ1) is 14.6. The highest BCUT2D eigenvalue weighted by Gasteiger charge is 2.41. The molecule has 1 heterocycles. The third-order valence-corrected chi connectivity index (χ3v) is 5.44. The molecule has 0 bridgehead atoms. The zero-order chi connectivity index (χ0) is 15.0. The first-order valence-electron chi connectivity index (χ1n) is 8.12. The minimum Gasteiger partial charge on any atom is -0.292 e. The lowest BCUT2D eigenvalue weighted by atomic mass is 9.66. The lowest BCUT2D eigenvalue weighted by Crippen LogP contribution is -2.51. The molecule has 1 saturated heterocycles. The van der Waals surface area contributed by atoms with Crippen molar-refractivity contribution in [2.45, 2.75) is 46.7 Å². The molecule has 3 rings (SSSR count). The number of allylic oxidation sites excluding steroid dienone is 2. The molecular weight excluding hydrogens is 254 g/mol. The molecule has 2 atom stereocenters. The van der Waals surface area contributed by atoms with E-state index in [4.69, 9.17) is 0 Å². The fourth-order valence-corrected chi connectivity index (χ4v) is 3.76. The fourth-order valence-electron chi connectivity index (χ4n) is 3.76. The average molecular weight is 281 g/mol. The average Bonchev–Trinajstić information content (AvgIpc) is 2.46. The third-order valence-electron chi connectivity index (χ3n) is 5.44. The molecule has 0 radical (unpaired) electrons. The zero-order valence-electron chi connectivity index (χ0n) is 13.8. The first-order valence-corrected chi connectivity index (χ1v) is 8.12. The molecule has 1 fully saturated rings. The van der Waals surface area contributed by atoms with Gasteiger partial charge in [-0.1, -0.05) is 67.5 Å². The Morgan fingerprint density at radius 2 is 1.71 bits per heavy atom. The van der Waals surface area contributed by atoms with Crippen molar-refractivity contribution in [2.75, 3.05) is 6.54 Å². The van der Waals surface area contributed by atoms with Crippen LogP contribution in [0.3, 0.4) is 0 Å². The Bertz CT molecular complexity index is 565. The van der Waals surface area contributed by atoms with Gasteiger partial charge in [0.15, 0.2) is 0 Å². The van der Waals surface area contributed by atoms with Crippen molar-refractivity contribution in [3.05, 3.63) is 59.2 Å². The summed E-state index contributed by atoms with van der Waals surface area (Å²) in [5, 5.41) is 0. The number of rotatable bonds is 2. The summed E-state index contributed by atoms with van der Waals surface area (Å²) in [6.07, 6.45) is 6.30. The SMILES string of the molecule is CC1=CC2C(C=C1C)C(C)(C)CCN2Cc1ccccc1. The van der Waals surface area contributed by atoms with Crippen LogP contribution >= 0.6 is 0 Å². The zero-order valence-corrected chi connectivity index (χ0v) is 13.8. The second kappa shape index (κ2) is 5.46. The lowest BCUT2D eigenvalue weighted by Gasteiger charge is -2.50. The van der Waals surface area contributed by atoms with Gasteiger partial charge in [0, 0.05) is 18.5 Å². The van der Waals surface area contributed by atoms with E-state index in [0.29, 0.717) is 17.4 Å². The highest BCUT2D eigenvalue weighted by atomic mass is 15.2. The van der Waals surface area contributed by atoms with Gasteiger partial charge >= 0.3 is 0 Å². The molecule has 1 aliphatic heterocycles. The van der Waals surface area contributed by atoms with E-state index in [9.17, 15) is 0 Å². The molecule has 1 aromatic carbocycles. The Kier molecular flexibility index (Phi) is 3.79. The number of hydrogen-bond donors (Lipinski definition) is 0. The van der Waals surface area contributed by atoms with Gasteiger partial charge in [-0.15, -0.1) is 0 Å². The number of piperidine rings is 1. The number of nitrogens with zero attached hydrogens (tertiary/aromatic N) is 1. The van der Waals surface area contributed by atoms with Gasteiger partial charge in [-0.3, -0.25) is 4.90 Å². The van der Waals surface area contributed by atoms with Crippen LogP contribution in [0.1, 0.15) is 39.7 Å². The predicted molar refractivity (Wildman–Crippen MR) is 90.0 cm³/mol. The van der Waals surface area contributed by atoms with E-state index in [-0.39, 0.29) is 0 Å². The molecule has 1 aromatic rings. The highest BCUT2D eigenvalue weighted by Crippen LogP contribution is 2.44. The van der Waals surface area contributed by atoms with Crippen LogP contribution in [-0.4, -0.2) is 17.5 Å². The van der Waals surface area contributed by atoms with Gasteiger partial charge in [0.25, 0.3) is 0 Å². The van der Waals surface area contributed by atoms with Gasteiger partial charge in [0.1, 0.15) is 0 Å². The maximum Gasteiger partial charge on any atom is 0.0355 e. The van der Waals surface area contributed by atoms with E-state index in [1.165, 1.54) is 29.7 Å². The summed E-state index contributed by atoms with van der Waals surface area (Å²) >= 11 is 0. The largest absolute Gasteiger partial charge is 0.292 e. The van der Waals surface area contributed by atoms with Crippen LogP contribution < -0.4 is 0 Å². The van der Waals surface area contributed by atoms with Crippen LogP contribution in [0.15, 0.2) is 53.6 Å². The summed E-state index contributed by atoms with van der Waals surface area (Å²) in [6, 6.07) is 11.4. The van der Waals surface area contributed by atoms with E-state index in [1.54, 1.807) is 0 Å². The first-order chi connectivity index (χ1) is 9.97. The number of fused-ring (bicyclic) bond motifs is 1. The van der Waals surface area contributed by atoms with Crippen molar-refractivity contribution in [1.29, 1.82) is 0 Å². The molecule has 2 aliphatic rings. The monoisotopic (exact) mass is 281 g/mol. The molecule has 0 aromatic heterocycles. The molecule has 0 spiro atoms. The summed E-state index contributed by atoms with van der Waals surface area (Å²) < 4.78 is 0. The van der Waals surface area contributed by atoms with Crippen LogP contribution in [0.2, 0.25) is 0 Å². The fraction of sp³-hybridized carbons (Fsp3) is 0.500. The van der Waals surface area contributed by atoms with E-state index >= 15 is 0 Å². The molecule has 2 unspecified atom stereocenters. The van der Waals surface area contributed by atoms with Crippen molar-refractivity contribution in [3.63, 3.8) is 0 Å². The van der Waals surface area contributed by atoms with Gasteiger partial charge in [-0.25, -0.2) is 0 Å². The smallest absolute Gasteiger partial charge is 0.0355 e. The van der Waals surface area contributed by atoms with Crippen LogP contribution in [0, 0.1) is 11.3 Å². The Morgan fingerprint density at radius 3 is 2.43 bits per heavy atom. The predicted octanol–water partition coefficient (Wildman–Crippen LogP) is 4.81. The van der Waals surface area contributed by atoms with Gasteiger partial charge in [-0.05, 0) is 37.8 Å². The van der Waals surface area contributed by atoms with Gasteiger partial charge < -0.3 is 0 Å². The molecule has 1 nitrogen and oxygen atoms in total. The Morgan fingerprint density at radius 1 is 1.05 bits per heavy atom. The van der Waals surface area contributed by atoms with Crippen LogP contribution in [0.4, 0.5) is 0 Å². The topological polar surface area (TPSA) is 3.24 Å². The minimum absolute atomic E-state index is 0.399. The Labute approximate surface area is 129 Å². The standard InChI is InChI=1S/C20H27N/c1-15-12-18-19(13-16(15)2)21(11-10-20(18,3)4)14-17-8-6-5-7-9-17/h5-9,12-13,18-19H,10-11,14H2,1-4H3. The van der Waals surface area contributed by atoms with Crippen molar-refractivity contribution >= 4 is 0 Å². The highest BCUT2D eigenvalue weighted by molar-refractivity contribution is 5.36. The van der Waals surface area contributed by atoms with E-state index in [0.717, 1.165) is 6.54 Å². The third kappa shape index (κ3) is 2.85. The van der Waals surface area contributed by atoms with Gasteiger partial charge in [0.05, 0.1) is 0 Å². The molecule has 0 amide bonds. The maximum atomic E-state index is 2.66. The quantitative estimate of drug-likeness (QED) is 0.752. The van der Waals surface area contributed by atoms with E-state index in [1.807, 2.05) is 0 Å². The molecule has 0 N–H and O–H groups in total. The summed E-state index contributed by atoms with van der Waals surface area (Å²) in [5.74, 6) is 0.638. The lowest BCUT2D eigenvalue weighted by molar-refractivity contribution is 0.0420. The Hall–Kier alpha value is -1.34. The molecule has 21 heavy (non-hydrogen) atoms. The summed E-state index contributed by atoms with van der Waals surface area (Å²) in [7, 11) is 0. The summed E-state index contributed by atoms with van der Waals surface area (Å²) in [6.45, 7) is 11.6. The van der Waals surface area contributed by atoms with E-state index in [2.05, 4.69) is 75.1 Å². The maximum absolute atomic E-state index is 2.66. The molecular formula is C20H27N. The molecule has 112 valence electrons. The number of benzene rings is 1. The van der Waals surface area contributed by atoms with Crippen molar-refractivity contribution in [1.82, 2.24) is 4.90 Å². The van der Waals surface area contributed by atoms with Gasteiger partial charge in [-0.2, -0.15) is 0 Å². The van der Waals surface area contributed by atoms with Crippen LogP contribution in [0.5, 0.6) is 0 Å². The van der Waals surface area contributed by atoms with E-state index < -0.39 is 0 Å². The number of hydrogen-bond acceptors (Lipinski definition) is 1. The summed E-state index contributed by atoms with van der Waals surface area (Å²) in [4.78, 5) is 2.66. The van der Waals surface area contributed by atoms with Crippen LogP contribution in [-0.2, 0) is 6.54 Å². The molecule has 1 heteroatoms. The Balaban J connectivity index is 1.87. The second-order valence-electron chi connectivity index (χ2n) is 7.41.